The first-order valence-corrected chi connectivity index (χ1v) is 10.9. The van der Waals surface area contributed by atoms with Crippen molar-refractivity contribution in [2.75, 3.05) is 6.54 Å². The zero-order chi connectivity index (χ0) is 20.5. The summed E-state index contributed by atoms with van der Waals surface area (Å²) in [7, 11) is 0. The van der Waals surface area contributed by atoms with Crippen LogP contribution in [0, 0.1) is 23.3 Å². The molecule has 2 fully saturated rings. The van der Waals surface area contributed by atoms with Gasteiger partial charge < -0.3 is 4.90 Å². The molecule has 0 radical (unpaired) electrons. The lowest BCUT2D eigenvalue weighted by Crippen LogP contribution is -2.32. The summed E-state index contributed by atoms with van der Waals surface area (Å²) < 4.78 is 0. The van der Waals surface area contributed by atoms with Crippen LogP contribution in [0.4, 0.5) is 0 Å². The number of nitriles is 1. The number of fused-ring (bicyclic) bond motifs is 2. The maximum Gasteiger partial charge on any atom is 0.183 e. The van der Waals surface area contributed by atoms with E-state index in [1.807, 2.05) is 41.4 Å². The first kappa shape index (κ1) is 18.9. The molecule has 1 saturated heterocycles. The van der Waals surface area contributed by atoms with Crippen LogP contribution >= 0.6 is 11.8 Å². The van der Waals surface area contributed by atoms with Crippen LogP contribution in [0.1, 0.15) is 29.8 Å². The van der Waals surface area contributed by atoms with Gasteiger partial charge in [0.15, 0.2) is 12.0 Å². The smallest absolute Gasteiger partial charge is 0.183 e. The van der Waals surface area contributed by atoms with Crippen molar-refractivity contribution in [3.8, 4) is 17.5 Å². The predicted molar refractivity (Wildman–Crippen MR) is 114 cm³/mol. The topological polar surface area (TPSA) is 85.7 Å². The van der Waals surface area contributed by atoms with Gasteiger partial charge in [-0.1, -0.05) is 30.0 Å². The van der Waals surface area contributed by atoms with Gasteiger partial charge in [-0.25, -0.2) is 0 Å². The quantitative estimate of drug-likeness (QED) is 0.475. The van der Waals surface area contributed by atoms with E-state index in [1.165, 1.54) is 0 Å². The summed E-state index contributed by atoms with van der Waals surface area (Å²) in [6.07, 6.45) is 8.34. The Morgan fingerprint density at radius 1 is 1.27 bits per heavy atom. The Morgan fingerprint density at radius 2 is 2.13 bits per heavy atom. The van der Waals surface area contributed by atoms with E-state index in [-0.39, 0.29) is 5.78 Å². The third-order valence-electron chi connectivity index (χ3n) is 6.17. The number of carbonyl (C=O) groups is 1. The first-order chi connectivity index (χ1) is 14.7. The number of nitrogens with one attached hydrogen (secondary N) is 1. The number of ketones is 1. The van der Waals surface area contributed by atoms with Gasteiger partial charge in [0.1, 0.15) is 5.69 Å². The van der Waals surface area contributed by atoms with E-state index in [2.05, 4.69) is 33.5 Å². The van der Waals surface area contributed by atoms with Gasteiger partial charge in [0.25, 0.3) is 0 Å². The van der Waals surface area contributed by atoms with E-state index in [9.17, 15) is 4.79 Å². The van der Waals surface area contributed by atoms with Crippen molar-refractivity contribution in [3.05, 3.63) is 60.6 Å². The molecule has 30 heavy (non-hydrogen) atoms. The molecule has 1 aromatic carbocycles. The second-order valence-corrected chi connectivity index (χ2v) is 9.09. The van der Waals surface area contributed by atoms with Gasteiger partial charge in [-0.2, -0.15) is 10.4 Å². The zero-order valence-corrected chi connectivity index (χ0v) is 17.2. The molecule has 2 bridgehead atoms. The molecular weight excluding hydrogens is 394 g/mol. The number of H-pyrrole nitrogens is 1. The lowest BCUT2D eigenvalue weighted by molar-refractivity contribution is 0.0931. The van der Waals surface area contributed by atoms with Gasteiger partial charge in [-0.15, -0.1) is 0 Å². The van der Waals surface area contributed by atoms with E-state index < -0.39 is 0 Å². The average Bonchev–Trinajstić information content (AvgIpc) is 3.50. The molecule has 3 aromatic rings. The highest BCUT2D eigenvalue weighted by Crippen LogP contribution is 2.43. The maximum atomic E-state index is 12.9. The summed E-state index contributed by atoms with van der Waals surface area (Å²) >= 11 is 1.64. The highest BCUT2D eigenvalue weighted by Gasteiger charge is 2.45. The van der Waals surface area contributed by atoms with Gasteiger partial charge in [-0.05, 0) is 48.9 Å². The number of nitrogens with zero attached hydrogens (tertiary/aromatic N) is 4. The highest BCUT2D eigenvalue weighted by atomic mass is 32.2. The van der Waals surface area contributed by atoms with Gasteiger partial charge >= 0.3 is 0 Å². The van der Waals surface area contributed by atoms with Crippen molar-refractivity contribution in [2.24, 2.45) is 11.8 Å². The lowest BCUT2D eigenvalue weighted by atomic mass is 9.89. The predicted octanol–water partition coefficient (Wildman–Crippen LogP) is 4.39. The monoisotopic (exact) mass is 415 g/mol. The van der Waals surface area contributed by atoms with Crippen LogP contribution in [-0.2, 0) is 0 Å². The fourth-order valence-corrected chi connectivity index (χ4v) is 5.63. The molecule has 1 N–H and O–H groups in total. The van der Waals surface area contributed by atoms with Crippen molar-refractivity contribution in [2.45, 2.75) is 35.1 Å². The molecule has 3 heterocycles. The fraction of sp³-hybridized carbons (Fsp3) is 0.304. The minimum atomic E-state index is 0.0740. The first-order valence-electron chi connectivity index (χ1n) is 10.1. The second kappa shape index (κ2) is 7.96. The second-order valence-electron chi connectivity index (χ2n) is 7.98. The van der Waals surface area contributed by atoms with Crippen LogP contribution in [0.5, 0.6) is 0 Å². The molecule has 7 heteroatoms. The number of hydrogen-bond acceptors (Lipinski definition) is 6. The minimum absolute atomic E-state index is 0.0740. The van der Waals surface area contributed by atoms with E-state index in [1.54, 1.807) is 18.0 Å². The van der Waals surface area contributed by atoms with Crippen molar-refractivity contribution in [3.63, 3.8) is 0 Å². The number of aromatic nitrogens is 3. The Bertz CT molecular complexity index is 1110. The molecule has 3 unspecified atom stereocenters. The van der Waals surface area contributed by atoms with E-state index in [4.69, 9.17) is 5.26 Å². The largest absolute Gasteiger partial charge is 0.307 e. The summed E-state index contributed by atoms with van der Waals surface area (Å²) in [6.45, 7) is 0.794. The van der Waals surface area contributed by atoms with Crippen molar-refractivity contribution in [1.82, 2.24) is 20.1 Å². The van der Waals surface area contributed by atoms with Crippen LogP contribution < -0.4 is 0 Å². The van der Waals surface area contributed by atoms with Crippen molar-refractivity contribution >= 4 is 17.5 Å². The summed E-state index contributed by atoms with van der Waals surface area (Å²) in [6, 6.07) is 14.3. The van der Waals surface area contributed by atoms with E-state index in [0.29, 0.717) is 30.0 Å². The Hall–Kier alpha value is -3.11. The number of rotatable bonds is 6. The highest BCUT2D eigenvalue weighted by molar-refractivity contribution is 7.99. The molecule has 1 saturated carbocycles. The number of hydrogen-bond donors (Lipinski definition) is 1. The van der Waals surface area contributed by atoms with Crippen LogP contribution in [0.3, 0.4) is 0 Å². The Balaban J connectivity index is 1.31. The zero-order valence-electron chi connectivity index (χ0n) is 16.4. The Morgan fingerprint density at radius 3 is 2.90 bits per heavy atom. The lowest BCUT2D eigenvalue weighted by Gasteiger charge is -2.26. The molecule has 150 valence electrons. The standard InChI is InChI=1S/C23H21N5OS/c24-14-28-13-16-9-17(28)8-15(16)10-22(29)21-11-20(26-27-21)19-6-7-25-12-23(19)30-18-4-2-1-3-5-18/h1-7,11-12,15-17H,8-10,13H2,(H,26,27). The number of Topliss-reactive ketones (excluding diaryl/α,β-unsaturated/α-hetero) is 1. The summed E-state index contributed by atoms with van der Waals surface area (Å²) in [5, 5.41) is 16.5. The third-order valence-corrected chi connectivity index (χ3v) is 7.23. The summed E-state index contributed by atoms with van der Waals surface area (Å²) in [5.41, 5.74) is 2.29. The Labute approximate surface area is 179 Å². The van der Waals surface area contributed by atoms with Crippen molar-refractivity contribution < 1.29 is 4.79 Å². The molecule has 3 atom stereocenters. The van der Waals surface area contributed by atoms with Gasteiger partial charge in [0.05, 0.1) is 5.69 Å². The molecule has 5 rings (SSSR count). The van der Waals surface area contributed by atoms with Crippen molar-refractivity contribution in [1.29, 1.82) is 5.26 Å². The molecule has 2 aliphatic rings. The SMILES string of the molecule is N#CN1CC2CC1CC2CC(=O)c1cc(-c2ccncc2Sc2ccccc2)[nH]n1. The van der Waals surface area contributed by atoms with Crippen LogP contribution in [0.15, 0.2) is 64.6 Å². The number of aromatic amines is 1. The molecule has 2 aromatic heterocycles. The minimum Gasteiger partial charge on any atom is -0.307 e. The molecular formula is C23H21N5OS. The van der Waals surface area contributed by atoms with Gasteiger partial charge in [0, 0.05) is 46.8 Å². The van der Waals surface area contributed by atoms with Crippen LogP contribution in [0.2, 0.25) is 0 Å². The van der Waals surface area contributed by atoms with Gasteiger partial charge in [-0.3, -0.25) is 14.9 Å². The fourth-order valence-electron chi connectivity index (χ4n) is 4.68. The van der Waals surface area contributed by atoms with Crippen LogP contribution in [0.25, 0.3) is 11.3 Å². The summed E-state index contributed by atoms with van der Waals surface area (Å²) in [4.78, 5) is 21.1. The number of pyridine rings is 1. The average molecular weight is 416 g/mol. The number of benzene rings is 1. The molecule has 1 aliphatic carbocycles. The molecule has 6 nitrogen and oxygen atoms in total. The van der Waals surface area contributed by atoms with Gasteiger partial charge in [0.2, 0.25) is 0 Å². The number of carbonyl (C=O) groups excluding carboxylic acids is 1. The molecule has 0 spiro atoms. The summed E-state index contributed by atoms with van der Waals surface area (Å²) in [5.74, 6) is 0.883. The number of likely N-dealkylation sites (tertiary alicyclic amines) is 1. The maximum absolute atomic E-state index is 12.9. The molecule has 1 aliphatic heterocycles. The third kappa shape index (κ3) is 3.59. The van der Waals surface area contributed by atoms with Crippen LogP contribution in [-0.4, -0.2) is 38.5 Å². The van der Waals surface area contributed by atoms with E-state index >= 15 is 0 Å². The number of piperidine rings is 1. The molecule has 0 amide bonds. The van der Waals surface area contributed by atoms with E-state index in [0.717, 1.165) is 40.4 Å². The Kier molecular flexibility index (Phi) is 5.01. The normalized spacial score (nSPS) is 22.2.